The van der Waals surface area contributed by atoms with Gasteiger partial charge in [0.1, 0.15) is 0 Å². The summed E-state index contributed by atoms with van der Waals surface area (Å²) in [5.74, 6) is 0.00343. The van der Waals surface area contributed by atoms with Crippen LogP contribution in [0.4, 0.5) is 5.69 Å². The van der Waals surface area contributed by atoms with Gasteiger partial charge >= 0.3 is 5.69 Å². The smallest absolute Gasteiger partial charge is 0.433 e. The molecule has 2 rings (SSSR count). The second-order valence-electron chi connectivity index (χ2n) is 2.76. The Labute approximate surface area is 75.2 Å². The van der Waals surface area contributed by atoms with E-state index in [2.05, 4.69) is 4.98 Å². The Morgan fingerprint density at radius 2 is 1.92 bits per heavy atom. The Balaban J connectivity index is 2.81. The molecule has 0 saturated carbocycles. The lowest BCUT2D eigenvalue weighted by Crippen LogP contribution is -1.62. The van der Waals surface area contributed by atoms with Crippen molar-refractivity contribution in [3.63, 3.8) is 0 Å². The molecule has 62 valence electrons. The van der Waals surface area contributed by atoms with Crippen molar-refractivity contribution < 1.29 is 5.11 Å². The highest BCUT2D eigenvalue weighted by atomic mass is 16.3. The maximum atomic E-state index is 9.36. The Bertz CT molecular complexity index is 459. The third kappa shape index (κ3) is 1.09. The molecule has 0 spiro atoms. The molecule has 0 bridgehead atoms. The Hall–Kier alpha value is -2.08. The molecule has 0 aromatic rings. The van der Waals surface area contributed by atoms with E-state index in [-0.39, 0.29) is 11.4 Å². The summed E-state index contributed by atoms with van der Waals surface area (Å²) in [5, 5.41) is 18.0. The van der Waals surface area contributed by atoms with Crippen molar-refractivity contribution in [3.8, 4) is 16.9 Å². The first-order chi connectivity index (χ1) is 6.33. The fourth-order valence-corrected chi connectivity index (χ4v) is 1.36. The van der Waals surface area contributed by atoms with Gasteiger partial charge in [0.2, 0.25) is 11.1 Å². The molecule has 3 nitrogen and oxygen atoms in total. The average molecular weight is 171 g/mol. The highest BCUT2D eigenvalue weighted by Crippen LogP contribution is 2.42. The fourth-order valence-electron chi connectivity index (χ4n) is 1.36. The van der Waals surface area contributed by atoms with Gasteiger partial charge in [-0.1, -0.05) is 24.3 Å². The minimum atomic E-state index is 0.00343. The van der Waals surface area contributed by atoms with Crippen LogP contribution in [0.5, 0.6) is 5.75 Å². The van der Waals surface area contributed by atoms with Gasteiger partial charge in [0, 0.05) is 0 Å². The van der Waals surface area contributed by atoms with Gasteiger partial charge < -0.3 is 5.11 Å². The lowest BCUT2D eigenvalue weighted by atomic mass is 10.2. The van der Waals surface area contributed by atoms with Crippen LogP contribution >= 0.6 is 0 Å². The summed E-state index contributed by atoms with van der Waals surface area (Å²) < 4.78 is 0. The van der Waals surface area contributed by atoms with Crippen molar-refractivity contribution in [1.29, 1.82) is 5.39 Å². The number of nitrogens with zero attached hydrogens (tertiary/aromatic N) is 2. The molecule has 0 amide bonds. The summed E-state index contributed by atoms with van der Waals surface area (Å²) in [7, 11) is 0. The molecule has 1 N–H and O–H groups in total. The van der Waals surface area contributed by atoms with Crippen molar-refractivity contribution in [1.82, 2.24) is 0 Å². The lowest BCUT2D eigenvalue weighted by Gasteiger charge is -1.82. The quantitative estimate of drug-likeness (QED) is 0.619. The summed E-state index contributed by atoms with van der Waals surface area (Å²) in [4.78, 5) is 3.04. The van der Waals surface area contributed by atoms with Crippen LogP contribution in [0.3, 0.4) is 0 Å². The van der Waals surface area contributed by atoms with E-state index in [4.69, 9.17) is 5.39 Å². The van der Waals surface area contributed by atoms with Crippen molar-refractivity contribution in [3.05, 3.63) is 41.4 Å². The zero-order chi connectivity index (χ0) is 9.26. The van der Waals surface area contributed by atoms with Crippen LogP contribution < -0.4 is 0 Å². The van der Waals surface area contributed by atoms with Crippen molar-refractivity contribution >= 4 is 5.69 Å². The molecular weight excluding hydrogens is 164 g/mol. The minimum Gasteiger partial charge on any atom is -0.501 e. The zero-order valence-electron chi connectivity index (χ0n) is 6.81. The summed E-state index contributed by atoms with van der Waals surface area (Å²) in [5.41, 5.74) is 1.83. The van der Waals surface area contributed by atoms with Crippen LogP contribution in [0.25, 0.3) is 16.1 Å². The molecule has 2 aliphatic rings. The largest absolute Gasteiger partial charge is 0.501 e. The molecule has 13 heavy (non-hydrogen) atoms. The molecule has 0 fully saturated rings. The van der Waals surface area contributed by atoms with E-state index >= 15 is 0 Å². The average Bonchev–Trinajstić information content (AvgIpc) is 2.32. The van der Waals surface area contributed by atoms with Crippen LogP contribution in [-0.4, -0.2) is 5.11 Å². The molecule has 3 heteroatoms. The van der Waals surface area contributed by atoms with Gasteiger partial charge in [0.15, 0.2) is 4.98 Å². The minimum absolute atomic E-state index is 0.00343. The summed E-state index contributed by atoms with van der Waals surface area (Å²) in [6.45, 7) is 0. The van der Waals surface area contributed by atoms with Gasteiger partial charge in [-0.2, -0.15) is 0 Å². The molecule has 0 aromatic heterocycles. The van der Waals surface area contributed by atoms with Gasteiger partial charge in [0.05, 0.1) is 5.56 Å². The van der Waals surface area contributed by atoms with Crippen molar-refractivity contribution in [2.45, 2.75) is 0 Å². The molecule has 0 heterocycles. The monoisotopic (exact) mass is 171 g/mol. The predicted octanol–water partition coefficient (Wildman–Crippen LogP) is 2.98. The molecule has 0 aromatic carbocycles. The van der Waals surface area contributed by atoms with E-state index in [0.29, 0.717) is 0 Å². The first-order valence-corrected chi connectivity index (χ1v) is 3.89. The molecular formula is C10H7N2O+. The molecule has 0 aliphatic heterocycles. The van der Waals surface area contributed by atoms with Crippen LogP contribution in [-0.2, 0) is 0 Å². The number of hydrogen-bond donors (Lipinski definition) is 1. The highest BCUT2D eigenvalue weighted by Gasteiger charge is 2.24. The van der Waals surface area contributed by atoms with E-state index in [1.807, 2.05) is 24.3 Å². The van der Waals surface area contributed by atoms with Gasteiger partial charge in [-0.15, -0.1) is 0 Å². The van der Waals surface area contributed by atoms with Gasteiger partial charge in [-0.25, -0.2) is 0 Å². The topological polar surface area (TPSA) is 48.4 Å². The van der Waals surface area contributed by atoms with E-state index in [9.17, 15) is 5.11 Å². The van der Waals surface area contributed by atoms with Crippen molar-refractivity contribution in [2.24, 2.45) is 0 Å². The Morgan fingerprint density at radius 3 is 2.69 bits per heavy atom. The first-order valence-electron chi connectivity index (χ1n) is 3.89. The van der Waals surface area contributed by atoms with Crippen LogP contribution in [0.1, 0.15) is 0 Å². The van der Waals surface area contributed by atoms with E-state index < -0.39 is 0 Å². The molecule has 0 saturated heterocycles. The number of aromatic hydroxyl groups is 1. The number of hydrogen-bond acceptors (Lipinski definition) is 2. The maximum Gasteiger partial charge on any atom is 0.433 e. The number of diazo groups is 1. The third-order valence-corrected chi connectivity index (χ3v) is 1.96. The standard InChI is InChI=1S/C10H6N2O/c11-12-10-8-5-3-1-2-4-7(8)6-9(10)13/h1-6H/p+1. The van der Waals surface area contributed by atoms with Gasteiger partial charge in [0.25, 0.3) is 0 Å². The van der Waals surface area contributed by atoms with E-state index in [1.165, 1.54) is 0 Å². The normalized spacial score (nSPS) is 9.77. The van der Waals surface area contributed by atoms with Crippen LogP contribution in [0, 0.1) is 5.39 Å². The second kappa shape index (κ2) is 2.76. The fraction of sp³-hybridized carbons (Fsp3) is 0. The second-order valence-corrected chi connectivity index (χ2v) is 2.76. The molecule has 2 aliphatic carbocycles. The van der Waals surface area contributed by atoms with Crippen LogP contribution in [0.2, 0.25) is 0 Å². The number of rotatable bonds is 0. The molecule has 0 radical (unpaired) electrons. The lowest BCUT2D eigenvalue weighted by molar-refractivity contribution is 0.480. The molecule has 0 unspecified atom stereocenters. The number of fused-ring (bicyclic) bond motifs is 1. The zero-order valence-corrected chi connectivity index (χ0v) is 6.81. The summed E-state index contributed by atoms with van der Waals surface area (Å²) in [6, 6.07) is 10.8. The highest BCUT2D eigenvalue weighted by molar-refractivity contribution is 5.87. The Morgan fingerprint density at radius 1 is 1.15 bits per heavy atom. The predicted molar refractivity (Wildman–Crippen MR) is 49.5 cm³/mol. The van der Waals surface area contributed by atoms with E-state index in [0.717, 1.165) is 11.1 Å². The maximum absolute atomic E-state index is 9.36. The van der Waals surface area contributed by atoms with Gasteiger partial charge in [-0.3, -0.25) is 0 Å². The Kier molecular flexibility index (Phi) is 1.60. The first kappa shape index (κ1) is 7.56. The summed E-state index contributed by atoms with van der Waals surface area (Å²) in [6.07, 6.45) is 0. The SMILES string of the molecule is N#[N+]c1c(O)cc2cccccc1-2. The molecule has 0 atom stereocenters. The van der Waals surface area contributed by atoms with E-state index in [1.54, 1.807) is 12.1 Å². The third-order valence-electron chi connectivity index (χ3n) is 1.96. The van der Waals surface area contributed by atoms with Crippen molar-refractivity contribution in [2.75, 3.05) is 0 Å². The van der Waals surface area contributed by atoms with Crippen LogP contribution in [0.15, 0.2) is 36.4 Å². The van der Waals surface area contributed by atoms with Gasteiger partial charge in [-0.05, 0) is 17.7 Å². The summed E-state index contributed by atoms with van der Waals surface area (Å²) >= 11 is 0.